The number of hydrogen-bond donors (Lipinski definition) is 1. The van der Waals surface area contributed by atoms with Crippen LogP contribution in [0.15, 0.2) is 29.2 Å². The lowest BCUT2D eigenvalue weighted by Gasteiger charge is -2.34. The van der Waals surface area contributed by atoms with Gasteiger partial charge in [-0.2, -0.15) is 4.31 Å². The smallest absolute Gasteiger partial charge is 0.243 e. The third-order valence-electron chi connectivity index (χ3n) is 5.34. The first-order valence-electron chi connectivity index (χ1n) is 10.1. The minimum absolute atomic E-state index is 0.0964. The van der Waals surface area contributed by atoms with E-state index in [0.717, 1.165) is 19.4 Å². The molecule has 2 aliphatic heterocycles. The molecule has 8 nitrogen and oxygen atoms in total. The Balaban J connectivity index is 1.43. The molecule has 0 bridgehead atoms. The summed E-state index contributed by atoms with van der Waals surface area (Å²) in [5.74, 6) is -0.0964. The molecule has 2 heterocycles. The van der Waals surface area contributed by atoms with E-state index >= 15 is 0 Å². The molecule has 29 heavy (non-hydrogen) atoms. The van der Waals surface area contributed by atoms with Crippen molar-refractivity contribution in [2.45, 2.75) is 36.9 Å². The monoisotopic (exact) mass is 426 g/mol. The van der Waals surface area contributed by atoms with Crippen LogP contribution in [-0.4, -0.2) is 93.3 Å². The molecule has 0 saturated carbocycles. The number of aliphatic hydroxyl groups is 1. The molecule has 2 atom stereocenters. The maximum Gasteiger partial charge on any atom is 0.243 e. The van der Waals surface area contributed by atoms with E-state index in [-0.39, 0.29) is 23.4 Å². The van der Waals surface area contributed by atoms with Crippen LogP contribution in [0.3, 0.4) is 0 Å². The number of benzene rings is 1. The Morgan fingerprint density at radius 3 is 2.52 bits per heavy atom. The molecule has 162 valence electrons. The SMILES string of the molecule is CC(=O)c1ccc(S(=O)(=O)N2CCN(C[C@@H](O)COC[C@@H]3CCCO3)CC2)cc1. The Labute approximate surface area is 172 Å². The van der Waals surface area contributed by atoms with Crippen molar-refractivity contribution >= 4 is 15.8 Å². The van der Waals surface area contributed by atoms with E-state index in [2.05, 4.69) is 0 Å². The van der Waals surface area contributed by atoms with E-state index in [1.807, 2.05) is 4.90 Å². The summed E-state index contributed by atoms with van der Waals surface area (Å²) < 4.78 is 38.1. The topological polar surface area (TPSA) is 96.4 Å². The van der Waals surface area contributed by atoms with Crippen LogP contribution in [0.4, 0.5) is 0 Å². The lowest BCUT2D eigenvalue weighted by Crippen LogP contribution is -2.50. The summed E-state index contributed by atoms with van der Waals surface area (Å²) in [5.41, 5.74) is 0.490. The summed E-state index contributed by atoms with van der Waals surface area (Å²) in [6, 6.07) is 6.04. The average Bonchev–Trinajstić information content (AvgIpc) is 3.22. The quantitative estimate of drug-likeness (QED) is 0.582. The van der Waals surface area contributed by atoms with Crippen LogP contribution in [0, 0.1) is 0 Å². The van der Waals surface area contributed by atoms with Gasteiger partial charge in [0.05, 0.1) is 30.3 Å². The van der Waals surface area contributed by atoms with Crippen molar-refractivity contribution in [1.29, 1.82) is 0 Å². The van der Waals surface area contributed by atoms with Crippen molar-refractivity contribution in [3.8, 4) is 0 Å². The standard InChI is InChI=1S/C20H30N2O6S/c1-16(23)17-4-6-20(7-5-17)29(25,26)22-10-8-21(9-11-22)13-18(24)14-27-15-19-3-2-12-28-19/h4-7,18-19,24H,2-3,8-15H2,1H3/t18-,19+/m1/s1. The molecule has 2 saturated heterocycles. The predicted octanol–water partition coefficient (Wildman–Crippen LogP) is 0.752. The van der Waals surface area contributed by atoms with E-state index < -0.39 is 16.1 Å². The van der Waals surface area contributed by atoms with Gasteiger partial charge in [-0.3, -0.25) is 9.69 Å². The minimum Gasteiger partial charge on any atom is -0.389 e. The summed E-state index contributed by atoms with van der Waals surface area (Å²) in [4.78, 5) is 13.6. The highest BCUT2D eigenvalue weighted by molar-refractivity contribution is 7.89. The molecule has 0 spiro atoms. The van der Waals surface area contributed by atoms with Gasteiger partial charge >= 0.3 is 0 Å². The van der Waals surface area contributed by atoms with Crippen molar-refractivity contribution in [1.82, 2.24) is 9.21 Å². The zero-order chi connectivity index (χ0) is 20.9. The molecule has 2 fully saturated rings. The number of nitrogens with zero attached hydrogens (tertiary/aromatic N) is 2. The zero-order valence-electron chi connectivity index (χ0n) is 16.8. The Kier molecular flexibility index (Phi) is 7.78. The molecule has 0 aliphatic carbocycles. The molecule has 9 heteroatoms. The first-order valence-corrected chi connectivity index (χ1v) is 11.5. The molecule has 3 rings (SSSR count). The summed E-state index contributed by atoms with van der Waals surface area (Å²) in [7, 11) is -3.59. The normalized spacial score (nSPS) is 22.6. The fourth-order valence-corrected chi connectivity index (χ4v) is 5.05. The van der Waals surface area contributed by atoms with Gasteiger partial charge in [0.15, 0.2) is 5.78 Å². The molecule has 1 aromatic rings. The van der Waals surface area contributed by atoms with E-state index in [0.29, 0.717) is 44.9 Å². The van der Waals surface area contributed by atoms with Crippen molar-refractivity contribution in [2.75, 3.05) is 52.5 Å². The van der Waals surface area contributed by atoms with Gasteiger partial charge in [-0.05, 0) is 31.9 Å². The number of Topliss-reactive ketones (excluding diaryl/α,β-unsaturated/α-hetero) is 1. The predicted molar refractivity (Wildman–Crippen MR) is 107 cm³/mol. The lowest BCUT2D eigenvalue weighted by atomic mass is 10.2. The third-order valence-corrected chi connectivity index (χ3v) is 7.25. The number of sulfonamides is 1. The fraction of sp³-hybridized carbons (Fsp3) is 0.650. The largest absolute Gasteiger partial charge is 0.389 e. The molecular weight excluding hydrogens is 396 g/mol. The Bertz CT molecular complexity index is 769. The van der Waals surface area contributed by atoms with Crippen molar-refractivity contribution in [3.63, 3.8) is 0 Å². The van der Waals surface area contributed by atoms with E-state index in [9.17, 15) is 18.3 Å². The second kappa shape index (κ2) is 10.1. The Hall–Kier alpha value is -1.36. The summed E-state index contributed by atoms with van der Waals surface area (Å²) in [6.45, 7) is 5.26. The molecule has 0 aromatic heterocycles. The highest BCUT2D eigenvalue weighted by Crippen LogP contribution is 2.19. The van der Waals surface area contributed by atoms with Gasteiger partial charge in [-0.15, -0.1) is 0 Å². The van der Waals surface area contributed by atoms with E-state index in [1.54, 1.807) is 12.1 Å². The molecule has 2 aliphatic rings. The van der Waals surface area contributed by atoms with E-state index in [1.165, 1.54) is 23.4 Å². The van der Waals surface area contributed by atoms with Crippen molar-refractivity contribution in [2.24, 2.45) is 0 Å². The Morgan fingerprint density at radius 1 is 1.24 bits per heavy atom. The molecule has 0 radical (unpaired) electrons. The van der Waals surface area contributed by atoms with Gasteiger partial charge in [0.2, 0.25) is 10.0 Å². The summed E-state index contributed by atoms with van der Waals surface area (Å²) in [6.07, 6.45) is 1.59. The Morgan fingerprint density at radius 2 is 1.93 bits per heavy atom. The second-order valence-corrected chi connectivity index (χ2v) is 9.55. The molecule has 0 amide bonds. The number of ketones is 1. The van der Waals surface area contributed by atoms with Gasteiger partial charge in [0.1, 0.15) is 0 Å². The first-order chi connectivity index (χ1) is 13.9. The van der Waals surface area contributed by atoms with Crippen LogP contribution in [0.1, 0.15) is 30.1 Å². The zero-order valence-corrected chi connectivity index (χ0v) is 17.6. The average molecular weight is 427 g/mol. The summed E-state index contributed by atoms with van der Waals surface area (Å²) in [5, 5.41) is 10.2. The van der Waals surface area contributed by atoms with Gasteiger partial charge in [0.25, 0.3) is 0 Å². The molecular formula is C20H30N2O6S. The van der Waals surface area contributed by atoms with Crippen LogP contribution in [0.2, 0.25) is 0 Å². The van der Waals surface area contributed by atoms with Gasteiger partial charge < -0.3 is 14.6 Å². The lowest BCUT2D eigenvalue weighted by molar-refractivity contribution is -0.0270. The van der Waals surface area contributed by atoms with Crippen LogP contribution in [0.25, 0.3) is 0 Å². The molecule has 1 N–H and O–H groups in total. The van der Waals surface area contributed by atoms with Crippen molar-refractivity contribution in [3.05, 3.63) is 29.8 Å². The maximum atomic E-state index is 12.8. The van der Waals surface area contributed by atoms with Crippen LogP contribution >= 0.6 is 0 Å². The number of β-amino-alcohol motifs (C(OH)–C–C–N with tert-alkyl or cyclic N) is 1. The highest BCUT2D eigenvalue weighted by Gasteiger charge is 2.29. The van der Waals surface area contributed by atoms with Crippen LogP contribution < -0.4 is 0 Å². The fourth-order valence-electron chi connectivity index (χ4n) is 3.63. The number of piperazine rings is 1. The molecule has 1 aromatic carbocycles. The van der Waals surface area contributed by atoms with Crippen LogP contribution in [-0.2, 0) is 19.5 Å². The number of hydrogen-bond acceptors (Lipinski definition) is 7. The number of carbonyl (C=O) groups excluding carboxylic acids is 1. The molecule has 0 unspecified atom stereocenters. The van der Waals surface area contributed by atoms with E-state index in [4.69, 9.17) is 9.47 Å². The highest BCUT2D eigenvalue weighted by atomic mass is 32.2. The number of rotatable bonds is 9. The summed E-state index contributed by atoms with van der Waals surface area (Å²) >= 11 is 0. The first kappa shape index (κ1) is 22.3. The van der Waals surface area contributed by atoms with Crippen LogP contribution in [0.5, 0.6) is 0 Å². The third kappa shape index (κ3) is 6.07. The van der Waals surface area contributed by atoms with Gasteiger partial charge in [-0.25, -0.2) is 8.42 Å². The number of carbonyl (C=O) groups is 1. The number of ether oxygens (including phenoxy) is 2. The van der Waals surface area contributed by atoms with Gasteiger partial charge in [0, 0.05) is 44.9 Å². The van der Waals surface area contributed by atoms with Crippen molar-refractivity contribution < 1.29 is 27.8 Å². The minimum atomic E-state index is -3.59. The van der Waals surface area contributed by atoms with Gasteiger partial charge in [-0.1, -0.05) is 12.1 Å². The second-order valence-electron chi connectivity index (χ2n) is 7.61. The maximum absolute atomic E-state index is 12.8. The number of aliphatic hydroxyl groups excluding tert-OH is 1.